The second kappa shape index (κ2) is 13.9. The van der Waals surface area contributed by atoms with Crippen molar-refractivity contribution in [1.29, 1.82) is 0 Å². The highest BCUT2D eigenvalue weighted by molar-refractivity contribution is 6.05. The van der Waals surface area contributed by atoms with Crippen molar-refractivity contribution in [2.75, 3.05) is 16.8 Å². The number of rotatable bonds is 11. The zero-order valence-electron chi connectivity index (χ0n) is 26.5. The summed E-state index contributed by atoms with van der Waals surface area (Å²) < 4.78 is 5.30. The first-order valence-electron chi connectivity index (χ1n) is 14.8. The van der Waals surface area contributed by atoms with Gasteiger partial charge in [0, 0.05) is 19.2 Å². The molecule has 4 N–H and O–H groups in total. The minimum Gasteiger partial charge on any atom is -0.444 e. The molecule has 2 heterocycles. The van der Waals surface area contributed by atoms with Gasteiger partial charge in [-0.2, -0.15) is 0 Å². The van der Waals surface area contributed by atoms with E-state index in [0.29, 0.717) is 25.1 Å². The zero-order chi connectivity index (χ0) is 31.9. The summed E-state index contributed by atoms with van der Waals surface area (Å²) in [5.41, 5.74) is 1.13. The maximum Gasteiger partial charge on any atom is 0.408 e. The van der Waals surface area contributed by atoms with Gasteiger partial charge in [-0.25, -0.2) is 4.79 Å². The lowest BCUT2D eigenvalue weighted by Gasteiger charge is -2.36. The van der Waals surface area contributed by atoms with Gasteiger partial charge in [-0.1, -0.05) is 32.0 Å². The molecule has 0 fully saturated rings. The van der Waals surface area contributed by atoms with Crippen LogP contribution in [0.4, 0.5) is 16.2 Å². The molecule has 0 radical (unpaired) electrons. The monoisotopic (exact) mass is 594 g/mol. The zero-order valence-corrected chi connectivity index (χ0v) is 26.5. The molecule has 11 nitrogen and oxygen atoms in total. The van der Waals surface area contributed by atoms with E-state index in [1.54, 1.807) is 31.9 Å². The van der Waals surface area contributed by atoms with Gasteiger partial charge in [-0.05, 0) is 77.6 Å². The highest BCUT2D eigenvalue weighted by Gasteiger charge is 2.38. The lowest BCUT2D eigenvalue weighted by atomic mass is 9.94. The Labute approximate surface area is 254 Å². The Balaban J connectivity index is 1.83. The van der Waals surface area contributed by atoms with Crippen LogP contribution in [0.1, 0.15) is 73.1 Å². The average Bonchev–Trinajstić information content (AvgIpc) is 2.89. The van der Waals surface area contributed by atoms with Crippen LogP contribution in [-0.4, -0.2) is 58.6 Å². The number of benzene rings is 1. The molecule has 2 atom stereocenters. The Morgan fingerprint density at radius 3 is 2.40 bits per heavy atom. The number of alkyl carbamates (subject to hydrolysis) is 1. The van der Waals surface area contributed by atoms with Gasteiger partial charge < -0.3 is 30.9 Å². The van der Waals surface area contributed by atoms with E-state index >= 15 is 0 Å². The standard InChI is InChI=1S/C32H46N6O5/c1-9-33-23-15-12-13-21-18-25(28(40)38(26(21)23)19-22-14-10-11-16-34-22)35-27(39)24(17-20(2)3)36-29(41)32(7,8)37-30(42)43-31(4,5)6/h10-16,20,24-25,33H,9,17-19H2,1-8H3,(H,35,39)(H,36,41)(H,37,42)/t24-,25?/m1/s1. The van der Waals surface area contributed by atoms with Crippen LogP contribution >= 0.6 is 0 Å². The fourth-order valence-corrected chi connectivity index (χ4v) is 4.87. The van der Waals surface area contributed by atoms with Crippen molar-refractivity contribution < 1.29 is 23.9 Å². The maximum absolute atomic E-state index is 14.0. The molecule has 0 saturated heterocycles. The molecule has 2 aromatic rings. The van der Waals surface area contributed by atoms with Crippen LogP contribution in [0.5, 0.6) is 0 Å². The van der Waals surface area contributed by atoms with Gasteiger partial charge in [0.05, 0.1) is 23.6 Å². The first kappa shape index (κ1) is 33.4. The Morgan fingerprint density at radius 1 is 1.07 bits per heavy atom. The molecular weight excluding hydrogens is 548 g/mol. The van der Waals surface area contributed by atoms with E-state index in [1.807, 2.05) is 57.2 Å². The summed E-state index contributed by atoms with van der Waals surface area (Å²) >= 11 is 0. The molecule has 1 aromatic carbocycles. The van der Waals surface area contributed by atoms with Crippen molar-refractivity contribution in [3.63, 3.8) is 0 Å². The summed E-state index contributed by atoms with van der Waals surface area (Å²) in [7, 11) is 0. The van der Waals surface area contributed by atoms with Gasteiger partial charge in [0.2, 0.25) is 17.7 Å². The molecule has 11 heteroatoms. The molecule has 0 spiro atoms. The largest absolute Gasteiger partial charge is 0.444 e. The summed E-state index contributed by atoms with van der Waals surface area (Å²) in [6.07, 6.45) is 1.57. The maximum atomic E-state index is 14.0. The van der Waals surface area contributed by atoms with E-state index in [4.69, 9.17) is 4.74 Å². The first-order valence-corrected chi connectivity index (χ1v) is 14.8. The lowest BCUT2D eigenvalue weighted by Crippen LogP contribution is -2.61. The van der Waals surface area contributed by atoms with Gasteiger partial charge in [0.15, 0.2) is 0 Å². The Bertz CT molecular complexity index is 1310. The molecule has 234 valence electrons. The number of hydrogen-bond acceptors (Lipinski definition) is 7. The molecule has 0 bridgehead atoms. The molecule has 0 aliphatic carbocycles. The highest BCUT2D eigenvalue weighted by Crippen LogP contribution is 2.36. The number of nitrogens with zero attached hydrogens (tertiary/aromatic N) is 2. The molecule has 1 aliphatic heterocycles. The number of ether oxygens (including phenoxy) is 1. The van der Waals surface area contributed by atoms with Gasteiger partial charge in [0.25, 0.3) is 0 Å². The number of amides is 4. The average molecular weight is 595 g/mol. The Kier molecular flexibility index (Phi) is 10.8. The summed E-state index contributed by atoms with van der Waals surface area (Å²) in [6, 6.07) is 9.56. The third-order valence-corrected chi connectivity index (χ3v) is 6.82. The summed E-state index contributed by atoms with van der Waals surface area (Å²) in [6.45, 7) is 15.0. The molecule has 1 unspecified atom stereocenters. The van der Waals surface area contributed by atoms with Crippen molar-refractivity contribution in [2.45, 2.75) is 98.0 Å². The van der Waals surface area contributed by atoms with Crippen LogP contribution in [0, 0.1) is 5.92 Å². The van der Waals surface area contributed by atoms with Gasteiger partial charge in [-0.3, -0.25) is 19.4 Å². The predicted molar refractivity (Wildman–Crippen MR) is 167 cm³/mol. The summed E-state index contributed by atoms with van der Waals surface area (Å²) in [5.74, 6) is -1.23. The Morgan fingerprint density at radius 2 is 1.79 bits per heavy atom. The number of anilines is 2. The van der Waals surface area contributed by atoms with Gasteiger partial charge in [-0.15, -0.1) is 0 Å². The predicted octanol–water partition coefficient (Wildman–Crippen LogP) is 3.92. The molecule has 43 heavy (non-hydrogen) atoms. The van der Waals surface area contributed by atoms with Crippen molar-refractivity contribution in [3.8, 4) is 0 Å². The van der Waals surface area contributed by atoms with Gasteiger partial charge >= 0.3 is 6.09 Å². The van der Waals surface area contributed by atoms with Crippen molar-refractivity contribution in [1.82, 2.24) is 20.9 Å². The fraction of sp³-hybridized carbons (Fsp3) is 0.531. The third kappa shape index (κ3) is 9.17. The number of nitrogens with one attached hydrogen (secondary N) is 4. The van der Waals surface area contributed by atoms with Crippen LogP contribution in [0.15, 0.2) is 42.6 Å². The van der Waals surface area contributed by atoms with E-state index in [2.05, 4.69) is 26.3 Å². The van der Waals surface area contributed by atoms with Crippen LogP contribution in [-0.2, 0) is 32.1 Å². The fourth-order valence-electron chi connectivity index (χ4n) is 4.87. The second-order valence-electron chi connectivity index (χ2n) is 12.8. The topological polar surface area (TPSA) is 142 Å². The number of aromatic nitrogens is 1. The quantitative estimate of drug-likeness (QED) is 0.309. The normalized spacial score (nSPS) is 15.8. The van der Waals surface area contributed by atoms with E-state index < -0.39 is 41.1 Å². The number of para-hydroxylation sites is 1. The van der Waals surface area contributed by atoms with Gasteiger partial charge in [0.1, 0.15) is 23.2 Å². The number of fused-ring (bicyclic) bond motifs is 1. The summed E-state index contributed by atoms with van der Waals surface area (Å²) in [4.78, 5) is 59.3. The van der Waals surface area contributed by atoms with Crippen molar-refractivity contribution >= 4 is 35.2 Å². The number of carbonyl (C=O) groups excluding carboxylic acids is 4. The molecule has 3 rings (SSSR count). The van der Waals surface area contributed by atoms with E-state index in [-0.39, 0.29) is 18.4 Å². The third-order valence-electron chi connectivity index (χ3n) is 6.82. The SMILES string of the molecule is CCNc1cccc2c1N(Cc1ccccn1)C(=O)C(NC(=O)[C@@H](CC(C)C)NC(=O)C(C)(C)NC(=O)OC(C)(C)C)C2. The van der Waals surface area contributed by atoms with E-state index in [0.717, 1.165) is 16.9 Å². The first-order chi connectivity index (χ1) is 20.1. The summed E-state index contributed by atoms with van der Waals surface area (Å²) in [5, 5.41) is 11.6. The molecule has 4 amide bonds. The van der Waals surface area contributed by atoms with Crippen LogP contribution in [0.2, 0.25) is 0 Å². The van der Waals surface area contributed by atoms with E-state index in [9.17, 15) is 19.2 Å². The number of carbonyl (C=O) groups is 4. The molecule has 1 aliphatic rings. The Hall–Kier alpha value is -4.15. The van der Waals surface area contributed by atoms with E-state index in [1.165, 1.54) is 13.8 Å². The molecule has 1 aromatic heterocycles. The van der Waals surface area contributed by atoms with Crippen LogP contribution in [0.25, 0.3) is 0 Å². The number of pyridine rings is 1. The smallest absolute Gasteiger partial charge is 0.408 e. The lowest BCUT2D eigenvalue weighted by molar-refractivity contribution is -0.133. The van der Waals surface area contributed by atoms with Crippen molar-refractivity contribution in [3.05, 3.63) is 53.9 Å². The number of hydrogen-bond donors (Lipinski definition) is 4. The second-order valence-corrected chi connectivity index (χ2v) is 12.8. The minimum absolute atomic E-state index is 0.0593. The molecule has 0 saturated carbocycles. The van der Waals surface area contributed by atoms with Crippen LogP contribution in [0.3, 0.4) is 0 Å². The van der Waals surface area contributed by atoms with Crippen molar-refractivity contribution in [2.24, 2.45) is 5.92 Å². The minimum atomic E-state index is -1.36. The van der Waals surface area contributed by atoms with Crippen LogP contribution < -0.4 is 26.2 Å². The molecular formula is C32H46N6O5. The highest BCUT2D eigenvalue weighted by atomic mass is 16.6.